The van der Waals surface area contributed by atoms with E-state index in [1.165, 1.54) is 0 Å². The summed E-state index contributed by atoms with van der Waals surface area (Å²) in [5.41, 5.74) is 2.21. The van der Waals surface area contributed by atoms with E-state index in [1.807, 2.05) is 36.4 Å². The molecule has 3 rings (SSSR count). The molecule has 4 nitrogen and oxygen atoms in total. The van der Waals surface area contributed by atoms with Gasteiger partial charge in [-0.1, -0.05) is 0 Å². The molecule has 0 radical (unpaired) electrons. The van der Waals surface area contributed by atoms with Crippen molar-refractivity contribution in [3.8, 4) is 0 Å². The number of nitrogens with zero attached hydrogens (tertiary/aromatic N) is 1. The van der Waals surface area contributed by atoms with Gasteiger partial charge in [0, 0.05) is 33.5 Å². The molecule has 0 spiro atoms. The molecule has 1 aliphatic heterocycles. The van der Waals surface area contributed by atoms with Crippen LogP contribution < -0.4 is 10.2 Å². The van der Waals surface area contributed by atoms with Crippen LogP contribution in [-0.4, -0.2) is 18.4 Å². The molecule has 1 aliphatic rings. The number of rotatable bonds is 3. The van der Waals surface area contributed by atoms with E-state index in [2.05, 4.69) is 27.9 Å². The Labute approximate surface area is 149 Å². The van der Waals surface area contributed by atoms with Crippen LogP contribution in [-0.2, 0) is 4.79 Å². The zero-order chi connectivity index (χ0) is 16.2. The Morgan fingerprint density at radius 3 is 2.35 bits per heavy atom. The molecule has 2 aromatic carbocycles. The lowest BCUT2D eigenvalue weighted by Gasteiger charge is -2.26. The van der Waals surface area contributed by atoms with Crippen LogP contribution in [0, 0.1) is 3.57 Å². The molecular formula is C18H17IN2O2. The van der Waals surface area contributed by atoms with Gasteiger partial charge in [-0.15, -0.1) is 0 Å². The molecule has 1 saturated heterocycles. The van der Waals surface area contributed by atoms with Crippen LogP contribution in [0.4, 0.5) is 11.4 Å². The van der Waals surface area contributed by atoms with Gasteiger partial charge in [0.25, 0.3) is 5.91 Å². The van der Waals surface area contributed by atoms with Gasteiger partial charge in [0.1, 0.15) is 0 Å². The van der Waals surface area contributed by atoms with Gasteiger partial charge in [-0.3, -0.25) is 9.59 Å². The first kappa shape index (κ1) is 16.0. The monoisotopic (exact) mass is 420 g/mol. The highest BCUT2D eigenvalue weighted by molar-refractivity contribution is 14.1. The number of carbonyl (C=O) groups is 2. The summed E-state index contributed by atoms with van der Waals surface area (Å²) in [6.45, 7) is 0.757. The first-order valence-electron chi connectivity index (χ1n) is 7.61. The predicted molar refractivity (Wildman–Crippen MR) is 99.8 cm³/mol. The third-order valence-electron chi connectivity index (χ3n) is 3.87. The second-order valence-electron chi connectivity index (χ2n) is 5.51. The third-order valence-corrected chi connectivity index (χ3v) is 4.59. The number of nitrogens with one attached hydrogen (secondary N) is 1. The summed E-state index contributed by atoms with van der Waals surface area (Å²) in [5.74, 6) is 0.00932. The van der Waals surface area contributed by atoms with Crippen LogP contribution in [0.5, 0.6) is 0 Å². The SMILES string of the molecule is O=C(Nc1ccc(I)cc1)c1ccc(N2CCCCC2=O)cc1. The molecule has 0 aliphatic carbocycles. The number of amides is 2. The molecule has 5 heteroatoms. The van der Waals surface area contributed by atoms with Crippen molar-refractivity contribution in [3.05, 3.63) is 57.7 Å². The number of hydrogen-bond donors (Lipinski definition) is 1. The standard InChI is InChI=1S/C18H17IN2O2/c19-14-6-8-15(9-7-14)20-18(23)13-4-10-16(11-5-13)21-12-2-1-3-17(21)22/h4-11H,1-3,12H2,(H,20,23). The molecule has 0 bridgehead atoms. The fourth-order valence-corrected chi connectivity index (χ4v) is 2.97. The molecule has 0 unspecified atom stereocenters. The third kappa shape index (κ3) is 3.90. The Bertz CT molecular complexity index is 711. The predicted octanol–water partition coefficient (Wildman–Crippen LogP) is 4.06. The summed E-state index contributed by atoms with van der Waals surface area (Å²) < 4.78 is 1.12. The van der Waals surface area contributed by atoms with E-state index >= 15 is 0 Å². The maximum atomic E-state index is 12.3. The number of hydrogen-bond acceptors (Lipinski definition) is 2. The van der Waals surface area contributed by atoms with Crippen molar-refractivity contribution in [1.82, 2.24) is 0 Å². The summed E-state index contributed by atoms with van der Waals surface area (Å²) in [7, 11) is 0. The van der Waals surface area contributed by atoms with Crippen molar-refractivity contribution in [3.63, 3.8) is 0 Å². The van der Waals surface area contributed by atoms with Crippen LogP contribution >= 0.6 is 22.6 Å². The molecule has 0 saturated carbocycles. The highest BCUT2D eigenvalue weighted by Crippen LogP contribution is 2.21. The maximum absolute atomic E-state index is 12.3. The van der Waals surface area contributed by atoms with E-state index in [0.717, 1.165) is 34.3 Å². The molecular weight excluding hydrogens is 403 g/mol. The summed E-state index contributed by atoms with van der Waals surface area (Å²) in [6.07, 6.45) is 2.60. The van der Waals surface area contributed by atoms with Crippen molar-refractivity contribution in [1.29, 1.82) is 0 Å². The Hall–Kier alpha value is -1.89. The minimum absolute atomic E-state index is 0.150. The van der Waals surface area contributed by atoms with Crippen LogP contribution in [0.15, 0.2) is 48.5 Å². The van der Waals surface area contributed by atoms with Gasteiger partial charge in [-0.25, -0.2) is 0 Å². The summed E-state index contributed by atoms with van der Waals surface area (Å²) >= 11 is 2.22. The van der Waals surface area contributed by atoms with Crippen molar-refractivity contribution < 1.29 is 9.59 Å². The number of benzene rings is 2. The lowest BCUT2D eigenvalue weighted by Crippen LogP contribution is -2.35. The van der Waals surface area contributed by atoms with E-state index in [0.29, 0.717) is 12.0 Å². The molecule has 0 aromatic heterocycles. The molecule has 118 valence electrons. The second kappa shape index (κ2) is 7.12. The van der Waals surface area contributed by atoms with E-state index in [-0.39, 0.29) is 11.8 Å². The first-order valence-corrected chi connectivity index (χ1v) is 8.69. The summed E-state index contributed by atoms with van der Waals surface area (Å²) in [5, 5.41) is 2.87. The van der Waals surface area contributed by atoms with Crippen molar-refractivity contribution in [2.45, 2.75) is 19.3 Å². The Balaban J connectivity index is 1.70. The van der Waals surface area contributed by atoms with Gasteiger partial charge < -0.3 is 10.2 Å². The van der Waals surface area contributed by atoms with E-state index in [1.54, 1.807) is 17.0 Å². The first-order chi connectivity index (χ1) is 11.1. The van der Waals surface area contributed by atoms with Crippen molar-refractivity contribution in [2.75, 3.05) is 16.8 Å². The number of carbonyl (C=O) groups excluding carboxylic acids is 2. The van der Waals surface area contributed by atoms with Crippen LogP contribution in [0.2, 0.25) is 0 Å². The zero-order valence-electron chi connectivity index (χ0n) is 12.6. The van der Waals surface area contributed by atoms with Gasteiger partial charge >= 0.3 is 0 Å². The molecule has 0 atom stereocenters. The normalized spacial score (nSPS) is 14.7. The van der Waals surface area contributed by atoms with Crippen LogP contribution in [0.3, 0.4) is 0 Å². The minimum Gasteiger partial charge on any atom is -0.322 e. The molecule has 1 fully saturated rings. The second-order valence-corrected chi connectivity index (χ2v) is 6.76. The number of piperidine rings is 1. The number of anilines is 2. The summed E-state index contributed by atoms with van der Waals surface area (Å²) in [6, 6.07) is 14.8. The zero-order valence-corrected chi connectivity index (χ0v) is 14.7. The largest absolute Gasteiger partial charge is 0.322 e. The topological polar surface area (TPSA) is 49.4 Å². The minimum atomic E-state index is -0.150. The van der Waals surface area contributed by atoms with Crippen molar-refractivity contribution in [2.24, 2.45) is 0 Å². The smallest absolute Gasteiger partial charge is 0.255 e. The summed E-state index contributed by atoms with van der Waals surface area (Å²) in [4.78, 5) is 26.0. The van der Waals surface area contributed by atoms with E-state index < -0.39 is 0 Å². The van der Waals surface area contributed by atoms with Crippen LogP contribution in [0.25, 0.3) is 0 Å². The average Bonchev–Trinajstić information content (AvgIpc) is 2.57. The number of halogens is 1. The van der Waals surface area contributed by atoms with Gasteiger partial charge in [0.15, 0.2) is 0 Å². The van der Waals surface area contributed by atoms with E-state index in [4.69, 9.17) is 0 Å². The molecule has 1 N–H and O–H groups in total. The lowest BCUT2D eigenvalue weighted by molar-refractivity contribution is -0.119. The molecule has 2 aromatic rings. The van der Waals surface area contributed by atoms with Crippen LogP contribution in [0.1, 0.15) is 29.6 Å². The molecule has 1 heterocycles. The Morgan fingerprint density at radius 2 is 1.70 bits per heavy atom. The molecule has 23 heavy (non-hydrogen) atoms. The highest BCUT2D eigenvalue weighted by Gasteiger charge is 2.19. The van der Waals surface area contributed by atoms with Crippen molar-refractivity contribution >= 4 is 45.8 Å². The fraction of sp³-hybridized carbons (Fsp3) is 0.222. The van der Waals surface area contributed by atoms with Gasteiger partial charge in [0.2, 0.25) is 5.91 Å². The quantitative estimate of drug-likeness (QED) is 0.762. The van der Waals surface area contributed by atoms with Gasteiger partial charge in [-0.2, -0.15) is 0 Å². The lowest BCUT2D eigenvalue weighted by atomic mass is 10.1. The van der Waals surface area contributed by atoms with Gasteiger partial charge in [-0.05, 0) is 84.0 Å². The average molecular weight is 420 g/mol. The highest BCUT2D eigenvalue weighted by atomic mass is 127. The maximum Gasteiger partial charge on any atom is 0.255 e. The fourth-order valence-electron chi connectivity index (χ4n) is 2.61. The molecule has 2 amide bonds. The van der Waals surface area contributed by atoms with E-state index in [9.17, 15) is 9.59 Å². The Morgan fingerprint density at radius 1 is 1.00 bits per heavy atom. The van der Waals surface area contributed by atoms with Gasteiger partial charge in [0.05, 0.1) is 0 Å². The Kier molecular flexibility index (Phi) is 4.95.